The van der Waals surface area contributed by atoms with Crippen LogP contribution in [0.5, 0.6) is 0 Å². The van der Waals surface area contributed by atoms with E-state index in [4.69, 9.17) is 16.3 Å². The van der Waals surface area contributed by atoms with E-state index in [0.717, 1.165) is 35.3 Å². The van der Waals surface area contributed by atoms with Gasteiger partial charge in [0.1, 0.15) is 29.4 Å². The number of ether oxygens (including phenoxy) is 1. The summed E-state index contributed by atoms with van der Waals surface area (Å²) in [6, 6.07) is 6.56. The molecular formula is C28H35ClN6O3. The fourth-order valence-corrected chi connectivity index (χ4v) is 5.44. The van der Waals surface area contributed by atoms with Crippen molar-refractivity contribution in [3.63, 3.8) is 0 Å². The van der Waals surface area contributed by atoms with Crippen LogP contribution in [0.25, 0.3) is 11.0 Å². The maximum atomic E-state index is 13.7. The van der Waals surface area contributed by atoms with Crippen LogP contribution in [0.2, 0.25) is 5.02 Å². The molecule has 38 heavy (non-hydrogen) atoms. The summed E-state index contributed by atoms with van der Waals surface area (Å²) in [6.45, 7) is 7.76. The Hall–Kier alpha value is -3.33. The van der Waals surface area contributed by atoms with Crippen molar-refractivity contribution in [3.8, 4) is 0 Å². The Morgan fingerprint density at radius 1 is 1.08 bits per heavy atom. The summed E-state index contributed by atoms with van der Waals surface area (Å²) in [6.07, 6.45) is 5.81. The number of nitrogens with one attached hydrogen (secondary N) is 2. The number of alkyl carbamates (subject to hydrolysis) is 1. The zero-order valence-electron chi connectivity index (χ0n) is 22.2. The second-order valence-electron chi connectivity index (χ2n) is 11.1. The molecule has 0 bridgehead atoms. The van der Waals surface area contributed by atoms with Crippen LogP contribution in [-0.2, 0) is 28.8 Å². The molecule has 2 aromatic heterocycles. The van der Waals surface area contributed by atoms with Crippen LogP contribution in [-0.4, -0.2) is 69.7 Å². The Balaban J connectivity index is 1.30. The summed E-state index contributed by atoms with van der Waals surface area (Å²) >= 11 is 6.04. The molecule has 2 N–H and O–H groups in total. The van der Waals surface area contributed by atoms with Gasteiger partial charge < -0.3 is 24.8 Å². The summed E-state index contributed by atoms with van der Waals surface area (Å²) < 4.78 is 5.45. The van der Waals surface area contributed by atoms with Crippen LogP contribution in [0.4, 0.5) is 10.6 Å². The lowest BCUT2D eigenvalue weighted by atomic mass is 9.96. The van der Waals surface area contributed by atoms with Crippen molar-refractivity contribution in [1.29, 1.82) is 0 Å². The van der Waals surface area contributed by atoms with Crippen LogP contribution in [0.3, 0.4) is 0 Å². The molecule has 3 aromatic rings. The molecule has 0 unspecified atom stereocenters. The van der Waals surface area contributed by atoms with Crippen molar-refractivity contribution in [2.24, 2.45) is 0 Å². The number of halogens is 1. The first-order valence-electron chi connectivity index (χ1n) is 13.3. The van der Waals surface area contributed by atoms with E-state index in [1.54, 1.807) is 39.2 Å². The standard InChI is InChI=1S/C28H35ClN6O3/c1-28(2,3)38-27(37)33-22(16-18-8-10-19(29)11-9-18)26(36)35-14-12-34(13-15-35)25-23-20-6-4-5-7-21(20)32-24(23)30-17-31-25/h8-11,17,22H,4-7,12-16H2,1-3H3,(H,33,37)(H,30,31,32)/t22-/m1/s1. The minimum atomic E-state index is -0.750. The van der Waals surface area contributed by atoms with Crippen molar-refractivity contribution in [3.05, 3.63) is 52.4 Å². The van der Waals surface area contributed by atoms with Crippen LogP contribution >= 0.6 is 11.6 Å². The van der Waals surface area contributed by atoms with Gasteiger partial charge >= 0.3 is 6.09 Å². The number of anilines is 1. The van der Waals surface area contributed by atoms with Crippen molar-refractivity contribution < 1.29 is 14.3 Å². The van der Waals surface area contributed by atoms with Gasteiger partial charge in [0.05, 0.1) is 5.39 Å². The first-order chi connectivity index (χ1) is 18.2. The van der Waals surface area contributed by atoms with E-state index >= 15 is 0 Å². The molecule has 1 aliphatic heterocycles. The lowest BCUT2D eigenvalue weighted by Gasteiger charge is -2.37. The molecule has 5 rings (SSSR count). The van der Waals surface area contributed by atoms with Crippen molar-refractivity contribution in [2.45, 2.75) is 64.5 Å². The molecule has 1 aromatic carbocycles. The highest BCUT2D eigenvalue weighted by Gasteiger charge is 2.32. The zero-order valence-corrected chi connectivity index (χ0v) is 23.0. The molecule has 1 saturated heterocycles. The van der Waals surface area contributed by atoms with E-state index in [-0.39, 0.29) is 5.91 Å². The number of fused-ring (bicyclic) bond motifs is 3. The van der Waals surface area contributed by atoms with Gasteiger partial charge in [0.15, 0.2) is 0 Å². The topological polar surface area (TPSA) is 103 Å². The van der Waals surface area contributed by atoms with Gasteiger partial charge in [0.2, 0.25) is 5.91 Å². The van der Waals surface area contributed by atoms with Gasteiger partial charge in [-0.1, -0.05) is 23.7 Å². The Morgan fingerprint density at radius 3 is 2.50 bits per heavy atom. The molecule has 1 atom stereocenters. The normalized spacial score (nSPS) is 16.7. The summed E-state index contributed by atoms with van der Waals surface area (Å²) in [5.74, 6) is 0.809. The predicted octanol–water partition coefficient (Wildman–Crippen LogP) is 4.27. The highest BCUT2D eigenvalue weighted by atomic mass is 35.5. The number of carbonyl (C=O) groups excluding carboxylic acids is 2. The second kappa shape index (κ2) is 10.8. The third kappa shape index (κ3) is 5.88. The Kier molecular flexibility index (Phi) is 7.47. The average Bonchev–Trinajstić information content (AvgIpc) is 3.27. The van der Waals surface area contributed by atoms with Gasteiger partial charge in [0.25, 0.3) is 0 Å². The quantitative estimate of drug-likeness (QED) is 0.502. The third-order valence-corrected chi connectivity index (χ3v) is 7.35. The number of H-pyrrole nitrogens is 1. The number of carbonyl (C=O) groups is 2. The second-order valence-corrected chi connectivity index (χ2v) is 11.5. The number of hydrogen-bond donors (Lipinski definition) is 2. The monoisotopic (exact) mass is 538 g/mol. The minimum absolute atomic E-state index is 0.127. The number of piperazine rings is 1. The highest BCUT2D eigenvalue weighted by Crippen LogP contribution is 2.33. The molecule has 0 saturated carbocycles. The van der Waals surface area contributed by atoms with E-state index in [9.17, 15) is 9.59 Å². The zero-order chi connectivity index (χ0) is 26.9. The molecule has 1 aliphatic carbocycles. The van der Waals surface area contributed by atoms with Crippen LogP contribution in [0, 0.1) is 0 Å². The van der Waals surface area contributed by atoms with E-state index in [0.29, 0.717) is 37.6 Å². The lowest BCUT2D eigenvalue weighted by molar-refractivity contribution is -0.133. The molecule has 0 radical (unpaired) electrons. The van der Waals surface area contributed by atoms with Crippen molar-refractivity contribution in [1.82, 2.24) is 25.2 Å². The number of aromatic nitrogens is 3. The molecule has 3 heterocycles. The highest BCUT2D eigenvalue weighted by molar-refractivity contribution is 6.30. The molecule has 1 fully saturated rings. The van der Waals surface area contributed by atoms with Gasteiger partial charge in [-0.3, -0.25) is 4.79 Å². The summed E-state index contributed by atoms with van der Waals surface area (Å²) in [4.78, 5) is 43.0. The molecular weight excluding hydrogens is 504 g/mol. The van der Waals surface area contributed by atoms with Gasteiger partial charge in [-0.15, -0.1) is 0 Å². The summed E-state index contributed by atoms with van der Waals surface area (Å²) in [5, 5.41) is 4.55. The predicted molar refractivity (Wildman–Crippen MR) is 148 cm³/mol. The van der Waals surface area contributed by atoms with Crippen LogP contribution in [0.15, 0.2) is 30.6 Å². The average molecular weight is 539 g/mol. The number of aryl methyl sites for hydroxylation is 2. The smallest absolute Gasteiger partial charge is 0.408 e. The van der Waals surface area contributed by atoms with E-state index in [2.05, 4.69) is 25.2 Å². The van der Waals surface area contributed by atoms with E-state index in [1.807, 2.05) is 17.0 Å². The van der Waals surface area contributed by atoms with Gasteiger partial charge in [-0.2, -0.15) is 0 Å². The number of benzene rings is 1. The van der Waals surface area contributed by atoms with Gasteiger partial charge in [0, 0.05) is 43.3 Å². The van der Waals surface area contributed by atoms with Crippen molar-refractivity contribution in [2.75, 3.05) is 31.1 Å². The molecule has 9 nitrogen and oxygen atoms in total. The molecule has 2 amide bonds. The van der Waals surface area contributed by atoms with E-state index in [1.165, 1.54) is 24.1 Å². The molecule has 202 valence electrons. The maximum Gasteiger partial charge on any atom is 0.408 e. The maximum absolute atomic E-state index is 13.7. The fraction of sp³-hybridized carbons (Fsp3) is 0.500. The third-order valence-electron chi connectivity index (χ3n) is 7.10. The largest absolute Gasteiger partial charge is 0.444 e. The van der Waals surface area contributed by atoms with Crippen LogP contribution in [0.1, 0.15) is 50.4 Å². The Morgan fingerprint density at radius 2 is 1.79 bits per heavy atom. The first-order valence-corrected chi connectivity index (χ1v) is 13.7. The SMILES string of the molecule is CC(C)(C)OC(=O)N[C@H](Cc1ccc(Cl)cc1)C(=O)N1CCN(c2ncnc3[nH]c4c(c23)CCCC4)CC1. The lowest BCUT2D eigenvalue weighted by Crippen LogP contribution is -2.56. The molecule has 2 aliphatic rings. The van der Waals surface area contributed by atoms with Gasteiger partial charge in [-0.05, 0) is 69.7 Å². The minimum Gasteiger partial charge on any atom is -0.444 e. The first kappa shape index (κ1) is 26.3. The summed E-state index contributed by atoms with van der Waals surface area (Å²) in [5.41, 5.74) is 3.75. The molecule has 0 spiro atoms. The van der Waals surface area contributed by atoms with Crippen molar-refractivity contribution >= 4 is 40.5 Å². The Labute approximate surface area is 227 Å². The Bertz CT molecular complexity index is 1310. The van der Waals surface area contributed by atoms with Crippen LogP contribution < -0.4 is 10.2 Å². The molecule has 10 heteroatoms. The number of aromatic amines is 1. The van der Waals surface area contributed by atoms with Gasteiger partial charge in [-0.25, -0.2) is 14.8 Å². The fourth-order valence-electron chi connectivity index (χ4n) is 5.32. The number of amides is 2. The number of hydrogen-bond acceptors (Lipinski definition) is 6. The number of nitrogens with zero attached hydrogens (tertiary/aromatic N) is 4. The number of rotatable bonds is 5. The summed E-state index contributed by atoms with van der Waals surface area (Å²) in [7, 11) is 0. The van der Waals surface area contributed by atoms with E-state index < -0.39 is 17.7 Å².